The number of ether oxygens (including phenoxy) is 1. The summed E-state index contributed by atoms with van der Waals surface area (Å²) in [6.07, 6.45) is 4.25. The van der Waals surface area contributed by atoms with E-state index in [9.17, 15) is 4.79 Å². The van der Waals surface area contributed by atoms with Crippen LogP contribution in [-0.4, -0.2) is 31.4 Å². The predicted molar refractivity (Wildman–Crippen MR) is 99.2 cm³/mol. The summed E-state index contributed by atoms with van der Waals surface area (Å²) in [4.78, 5) is 22.4. The summed E-state index contributed by atoms with van der Waals surface area (Å²) in [6.45, 7) is 6.20. The van der Waals surface area contributed by atoms with Crippen molar-refractivity contribution in [2.75, 3.05) is 0 Å². The number of carbonyl (C=O) groups excluding carboxylic acids is 1. The molecule has 0 N–H and O–H groups in total. The standard InChI is InChI=1S/C20H22N4O2/c1-12-9-16-17(10-24(12)14(3)25)21-11-22-20(16)26-19-6-5-18-15(13(19)2)7-8-23(18)4/h5-8,11-12H,9-10H2,1-4H3/t12-/m0/s1. The Morgan fingerprint density at radius 1 is 1.27 bits per heavy atom. The van der Waals surface area contributed by atoms with Gasteiger partial charge in [0.25, 0.3) is 0 Å². The second kappa shape index (κ2) is 6.12. The van der Waals surface area contributed by atoms with E-state index < -0.39 is 0 Å². The summed E-state index contributed by atoms with van der Waals surface area (Å²) in [5.74, 6) is 1.45. The smallest absolute Gasteiger partial charge is 0.225 e. The highest BCUT2D eigenvalue weighted by atomic mass is 16.5. The maximum absolute atomic E-state index is 11.8. The minimum absolute atomic E-state index is 0.0644. The van der Waals surface area contributed by atoms with Gasteiger partial charge < -0.3 is 14.2 Å². The van der Waals surface area contributed by atoms with Gasteiger partial charge in [0.2, 0.25) is 11.8 Å². The number of fused-ring (bicyclic) bond motifs is 2. The lowest BCUT2D eigenvalue weighted by atomic mass is 9.99. The molecule has 2 aromatic heterocycles. The Labute approximate surface area is 152 Å². The molecule has 1 aromatic carbocycles. The largest absolute Gasteiger partial charge is 0.438 e. The van der Waals surface area contributed by atoms with Crippen molar-refractivity contribution in [1.29, 1.82) is 0 Å². The lowest BCUT2D eigenvalue weighted by Crippen LogP contribution is -2.41. The van der Waals surface area contributed by atoms with Gasteiger partial charge in [-0.1, -0.05) is 0 Å². The summed E-state index contributed by atoms with van der Waals surface area (Å²) >= 11 is 0. The SMILES string of the molecule is CC(=O)N1Cc2ncnc(Oc3ccc4c(ccn4C)c3C)c2C[C@@H]1C. The quantitative estimate of drug-likeness (QED) is 0.711. The van der Waals surface area contributed by atoms with E-state index in [1.165, 1.54) is 17.2 Å². The van der Waals surface area contributed by atoms with Gasteiger partial charge in [-0.05, 0) is 38.5 Å². The van der Waals surface area contributed by atoms with Crippen LogP contribution in [0.3, 0.4) is 0 Å². The fraction of sp³-hybridized carbons (Fsp3) is 0.350. The van der Waals surface area contributed by atoms with Gasteiger partial charge in [0.05, 0.1) is 12.2 Å². The third-order valence-corrected chi connectivity index (χ3v) is 5.24. The average molecular weight is 350 g/mol. The lowest BCUT2D eigenvalue weighted by molar-refractivity contribution is -0.132. The number of hydrogen-bond acceptors (Lipinski definition) is 4. The third kappa shape index (κ3) is 2.62. The van der Waals surface area contributed by atoms with E-state index in [1.807, 2.05) is 31.1 Å². The van der Waals surface area contributed by atoms with Crippen molar-refractivity contribution in [3.8, 4) is 11.6 Å². The zero-order chi connectivity index (χ0) is 18.4. The number of nitrogens with zero attached hydrogens (tertiary/aromatic N) is 4. The summed E-state index contributed by atoms with van der Waals surface area (Å²) in [5.41, 5.74) is 4.11. The molecule has 26 heavy (non-hydrogen) atoms. The van der Waals surface area contributed by atoms with Gasteiger partial charge >= 0.3 is 0 Å². The molecule has 0 bridgehead atoms. The zero-order valence-electron chi connectivity index (χ0n) is 15.5. The van der Waals surface area contributed by atoms with Gasteiger partial charge in [0.1, 0.15) is 12.1 Å². The van der Waals surface area contributed by atoms with Crippen molar-refractivity contribution < 1.29 is 9.53 Å². The average Bonchev–Trinajstić information content (AvgIpc) is 2.99. The van der Waals surface area contributed by atoms with E-state index >= 15 is 0 Å². The second-order valence-electron chi connectivity index (χ2n) is 6.95. The summed E-state index contributed by atoms with van der Waals surface area (Å²) in [5, 5.41) is 1.17. The van der Waals surface area contributed by atoms with Crippen molar-refractivity contribution in [2.45, 2.75) is 39.8 Å². The van der Waals surface area contributed by atoms with Crippen molar-refractivity contribution in [1.82, 2.24) is 19.4 Å². The van der Waals surface area contributed by atoms with Crippen LogP contribution >= 0.6 is 0 Å². The molecular formula is C20H22N4O2. The first-order valence-corrected chi connectivity index (χ1v) is 8.78. The molecule has 0 saturated heterocycles. The fourth-order valence-electron chi connectivity index (χ4n) is 3.70. The molecule has 1 aliphatic rings. The van der Waals surface area contributed by atoms with Gasteiger partial charge in [-0.15, -0.1) is 0 Å². The Morgan fingerprint density at radius 3 is 2.85 bits per heavy atom. The number of aromatic nitrogens is 3. The normalized spacial score (nSPS) is 16.6. The molecule has 0 fully saturated rings. The number of aryl methyl sites for hydroxylation is 2. The molecule has 0 unspecified atom stereocenters. The molecule has 134 valence electrons. The zero-order valence-corrected chi connectivity index (χ0v) is 15.5. The number of benzene rings is 1. The van der Waals surface area contributed by atoms with Crippen molar-refractivity contribution >= 4 is 16.8 Å². The first-order chi connectivity index (χ1) is 12.5. The van der Waals surface area contributed by atoms with Crippen molar-refractivity contribution in [3.63, 3.8) is 0 Å². The molecule has 4 rings (SSSR count). The van der Waals surface area contributed by atoms with Gasteiger partial charge in [0, 0.05) is 48.2 Å². The Balaban J connectivity index is 1.71. The van der Waals surface area contributed by atoms with Gasteiger partial charge in [-0.3, -0.25) is 4.79 Å². The van der Waals surface area contributed by atoms with Crippen molar-refractivity contribution in [2.24, 2.45) is 7.05 Å². The summed E-state index contributed by atoms with van der Waals surface area (Å²) < 4.78 is 8.30. The van der Waals surface area contributed by atoms with Crippen LogP contribution in [0.25, 0.3) is 10.9 Å². The monoisotopic (exact) mass is 350 g/mol. The van der Waals surface area contributed by atoms with Gasteiger partial charge in [0.15, 0.2) is 0 Å². The number of rotatable bonds is 2. The molecule has 0 aliphatic carbocycles. The predicted octanol–water partition coefficient (Wildman–Crippen LogP) is 3.36. The number of hydrogen-bond donors (Lipinski definition) is 0. The Morgan fingerprint density at radius 2 is 2.08 bits per heavy atom. The summed E-state index contributed by atoms with van der Waals surface area (Å²) in [6, 6.07) is 6.25. The van der Waals surface area contributed by atoms with Gasteiger partial charge in [-0.25, -0.2) is 9.97 Å². The molecule has 1 amide bonds. The van der Waals surface area contributed by atoms with E-state index in [-0.39, 0.29) is 11.9 Å². The van der Waals surface area contributed by atoms with Crippen LogP contribution in [0.5, 0.6) is 11.6 Å². The molecule has 6 nitrogen and oxygen atoms in total. The highest BCUT2D eigenvalue weighted by Crippen LogP contribution is 2.34. The third-order valence-electron chi connectivity index (χ3n) is 5.24. The molecule has 1 atom stereocenters. The van der Waals surface area contributed by atoms with Crippen molar-refractivity contribution in [3.05, 3.63) is 47.5 Å². The Hall–Kier alpha value is -2.89. The maximum Gasteiger partial charge on any atom is 0.225 e. The first kappa shape index (κ1) is 16.6. The molecular weight excluding hydrogens is 328 g/mol. The van der Waals surface area contributed by atoms with Crippen LogP contribution in [0, 0.1) is 6.92 Å². The van der Waals surface area contributed by atoms with Crippen LogP contribution in [0.2, 0.25) is 0 Å². The highest BCUT2D eigenvalue weighted by Gasteiger charge is 2.28. The lowest BCUT2D eigenvalue weighted by Gasteiger charge is -2.33. The molecule has 3 aromatic rings. The first-order valence-electron chi connectivity index (χ1n) is 8.78. The van der Waals surface area contributed by atoms with E-state index in [0.717, 1.165) is 22.6 Å². The Bertz CT molecular complexity index is 1010. The van der Waals surface area contributed by atoms with Crippen LogP contribution in [0.15, 0.2) is 30.7 Å². The minimum Gasteiger partial charge on any atom is -0.438 e. The van der Waals surface area contributed by atoms with Crippen LogP contribution < -0.4 is 4.74 Å². The summed E-state index contributed by atoms with van der Waals surface area (Å²) in [7, 11) is 2.03. The fourth-order valence-corrected chi connectivity index (χ4v) is 3.70. The molecule has 0 spiro atoms. The van der Waals surface area contributed by atoms with E-state index in [1.54, 1.807) is 6.92 Å². The molecule has 6 heteroatoms. The van der Waals surface area contributed by atoms with Crippen LogP contribution in [0.4, 0.5) is 0 Å². The van der Waals surface area contributed by atoms with E-state index in [0.29, 0.717) is 18.8 Å². The molecule has 1 aliphatic heterocycles. The topological polar surface area (TPSA) is 60.3 Å². The highest BCUT2D eigenvalue weighted by molar-refractivity contribution is 5.85. The van der Waals surface area contributed by atoms with Crippen LogP contribution in [0.1, 0.15) is 30.7 Å². The Kier molecular flexibility index (Phi) is 3.90. The number of amides is 1. The maximum atomic E-state index is 11.8. The number of carbonyl (C=O) groups is 1. The van der Waals surface area contributed by atoms with Crippen LogP contribution in [-0.2, 0) is 24.8 Å². The van der Waals surface area contributed by atoms with E-state index in [2.05, 4.69) is 33.6 Å². The molecule has 0 saturated carbocycles. The van der Waals surface area contributed by atoms with Gasteiger partial charge in [-0.2, -0.15) is 0 Å². The minimum atomic E-state index is 0.0644. The molecule has 0 radical (unpaired) electrons. The molecule has 3 heterocycles. The second-order valence-corrected chi connectivity index (χ2v) is 6.95. The van der Waals surface area contributed by atoms with E-state index in [4.69, 9.17) is 4.74 Å².